The minimum Gasteiger partial charge on any atom is -0.396 e. The van der Waals surface area contributed by atoms with Crippen molar-refractivity contribution in [2.45, 2.75) is 0 Å². The smallest absolute Gasteiger partial charge is 0.146 e. The molecule has 3 rings (SSSR count). The molecule has 0 amide bonds. The van der Waals surface area contributed by atoms with Crippen molar-refractivity contribution in [3.63, 3.8) is 0 Å². The Hall–Kier alpha value is -2.04. The van der Waals surface area contributed by atoms with E-state index in [9.17, 15) is 4.39 Å². The molecule has 0 saturated heterocycles. The van der Waals surface area contributed by atoms with Gasteiger partial charge in [0.05, 0.1) is 28.9 Å². The first-order valence-electron chi connectivity index (χ1n) is 6.09. The van der Waals surface area contributed by atoms with E-state index in [0.717, 1.165) is 11.3 Å². The molecular formula is C15H10Cl2FN3. The molecule has 6 heteroatoms. The summed E-state index contributed by atoms with van der Waals surface area (Å²) in [5.74, 6) is -0.457. The van der Waals surface area contributed by atoms with E-state index in [1.807, 2.05) is 0 Å². The van der Waals surface area contributed by atoms with Crippen LogP contribution < -0.4 is 5.73 Å². The van der Waals surface area contributed by atoms with Crippen LogP contribution in [0.2, 0.25) is 10.0 Å². The molecule has 0 aliphatic carbocycles. The highest BCUT2D eigenvalue weighted by Crippen LogP contribution is 2.32. The van der Waals surface area contributed by atoms with Crippen LogP contribution in [0.4, 0.5) is 10.1 Å². The predicted octanol–water partition coefficient (Wildman–Crippen LogP) is 4.57. The Bertz CT molecular complexity index is 814. The molecule has 0 aliphatic heterocycles. The molecule has 0 fully saturated rings. The zero-order valence-electron chi connectivity index (χ0n) is 10.7. The van der Waals surface area contributed by atoms with Gasteiger partial charge in [0.15, 0.2) is 0 Å². The van der Waals surface area contributed by atoms with Gasteiger partial charge < -0.3 is 5.73 Å². The second-order valence-corrected chi connectivity index (χ2v) is 5.32. The van der Waals surface area contributed by atoms with E-state index < -0.39 is 5.82 Å². The first-order chi connectivity index (χ1) is 10.1. The summed E-state index contributed by atoms with van der Waals surface area (Å²) in [7, 11) is 0. The number of nitrogens with zero attached hydrogens (tertiary/aromatic N) is 2. The van der Waals surface area contributed by atoms with Gasteiger partial charge >= 0.3 is 0 Å². The van der Waals surface area contributed by atoms with Gasteiger partial charge in [0.2, 0.25) is 0 Å². The van der Waals surface area contributed by atoms with Crippen molar-refractivity contribution >= 4 is 28.9 Å². The maximum Gasteiger partial charge on any atom is 0.146 e. The Kier molecular flexibility index (Phi) is 3.57. The van der Waals surface area contributed by atoms with Crippen LogP contribution in [-0.4, -0.2) is 9.55 Å². The molecule has 0 spiro atoms. The molecule has 0 saturated carbocycles. The summed E-state index contributed by atoms with van der Waals surface area (Å²) in [5.41, 5.74) is 7.86. The average molecular weight is 322 g/mol. The van der Waals surface area contributed by atoms with Crippen LogP contribution in [0.15, 0.2) is 48.9 Å². The highest BCUT2D eigenvalue weighted by molar-refractivity contribution is 6.35. The fraction of sp³-hybridized carbons (Fsp3) is 0. The zero-order valence-corrected chi connectivity index (χ0v) is 12.2. The van der Waals surface area contributed by atoms with Crippen molar-refractivity contribution in [3.8, 4) is 16.9 Å². The van der Waals surface area contributed by atoms with E-state index in [1.54, 1.807) is 47.4 Å². The van der Waals surface area contributed by atoms with Gasteiger partial charge in [-0.05, 0) is 36.4 Å². The van der Waals surface area contributed by atoms with Gasteiger partial charge in [-0.2, -0.15) is 0 Å². The molecule has 0 aliphatic rings. The molecule has 1 aromatic heterocycles. The Balaban J connectivity index is 2.17. The van der Waals surface area contributed by atoms with Gasteiger partial charge in [-0.3, -0.25) is 4.57 Å². The van der Waals surface area contributed by atoms with Gasteiger partial charge in [0, 0.05) is 16.3 Å². The SMILES string of the molecule is Nc1cc(-n2cncc2-c2cc(Cl)ccc2Cl)ccc1F. The van der Waals surface area contributed by atoms with Crippen LogP contribution in [0.25, 0.3) is 16.9 Å². The van der Waals surface area contributed by atoms with Crippen molar-refractivity contribution < 1.29 is 4.39 Å². The largest absolute Gasteiger partial charge is 0.396 e. The standard InChI is InChI=1S/C15H10Cl2FN3/c16-9-1-3-12(17)11(5-9)15-7-20-8-21(15)10-2-4-13(18)14(19)6-10/h1-8H,19H2. The minimum atomic E-state index is -0.457. The number of aromatic nitrogens is 2. The summed E-state index contributed by atoms with van der Waals surface area (Å²) in [5, 5.41) is 1.12. The summed E-state index contributed by atoms with van der Waals surface area (Å²) >= 11 is 12.2. The Morgan fingerprint density at radius 2 is 1.90 bits per heavy atom. The summed E-state index contributed by atoms with van der Waals surface area (Å²) in [6.45, 7) is 0. The summed E-state index contributed by atoms with van der Waals surface area (Å²) in [6.07, 6.45) is 3.27. The van der Waals surface area contributed by atoms with Crippen LogP contribution in [0.3, 0.4) is 0 Å². The van der Waals surface area contributed by atoms with E-state index >= 15 is 0 Å². The number of nitrogen functional groups attached to an aromatic ring is 1. The molecule has 3 nitrogen and oxygen atoms in total. The van der Waals surface area contributed by atoms with Crippen molar-refractivity contribution in [2.24, 2.45) is 0 Å². The molecule has 2 aromatic carbocycles. The lowest BCUT2D eigenvalue weighted by atomic mass is 10.1. The highest BCUT2D eigenvalue weighted by Gasteiger charge is 2.12. The quantitative estimate of drug-likeness (QED) is 0.703. The predicted molar refractivity (Wildman–Crippen MR) is 83.4 cm³/mol. The molecule has 0 atom stereocenters. The number of imidazole rings is 1. The molecular weight excluding hydrogens is 312 g/mol. The number of rotatable bonds is 2. The molecule has 0 unspecified atom stereocenters. The third-order valence-electron chi connectivity index (χ3n) is 3.10. The van der Waals surface area contributed by atoms with Crippen molar-refractivity contribution in [2.75, 3.05) is 5.73 Å². The minimum absolute atomic E-state index is 0.0735. The number of hydrogen-bond acceptors (Lipinski definition) is 2. The number of hydrogen-bond donors (Lipinski definition) is 1. The molecule has 0 radical (unpaired) electrons. The maximum absolute atomic E-state index is 13.3. The van der Waals surface area contributed by atoms with Crippen LogP contribution in [-0.2, 0) is 0 Å². The van der Waals surface area contributed by atoms with E-state index in [4.69, 9.17) is 28.9 Å². The molecule has 1 heterocycles. The Labute approximate surface area is 130 Å². The van der Waals surface area contributed by atoms with E-state index in [2.05, 4.69) is 4.98 Å². The first-order valence-corrected chi connectivity index (χ1v) is 6.85. The maximum atomic E-state index is 13.3. The molecule has 2 N–H and O–H groups in total. The van der Waals surface area contributed by atoms with Gasteiger partial charge in [-0.15, -0.1) is 0 Å². The Morgan fingerprint density at radius 3 is 2.67 bits per heavy atom. The van der Waals surface area contributed by atoms with E-state index in [-0.39, 0.29) is 5.69 Å². The number of nitrogens with two attached hydrogens (primary N) is 1. The lowest BCUT2D eigenvalue weighted by Crippen LogP contribution is -1.98. The van der Waals surface area contributed by atoms with Crippen LogP contribution in [0.5, 0.6) is 0 Å². The molecule has 21 heavy (non-hydrogen) atoms. The second-order valence-electron chi connectivity index (χ2n) is 4.48. The number of benzene rings is 2. The van der Waals surface area contributed by atoms with E-state index in [0.29, 0.717) is 15.7 Å². The third kappa shape index (κ3) is 2.60. The summed E-state index contributed by atoms with van der Waals surface area (Å²) < 4.78 is 15.1. The normalized spacial score (nSPS) is 10.8. The van der Waals surface area contributed by atoms with Gasteiger partial charge in [-0.1, -0.05) is 23.2 Å². The van der Waals surface area contributed by atoms with E-state index in [1.165, 1.54) is 6.07 Å². The fourth-order valence-electron chi connectivity index (χ4n) is 2.07. The lowest BCUT2D eigenvalue weighted by molar-refractivity contribution is 0.632. The number of halogens is 3. The van der Waals surface area contributed by atoms with Crippen LogP contribution in [0.1, 0.15) is 0 Å². The third-order valence-corrected chi connectivity index (χ3v) is 3.67. The molecule has 106 valence electrons. The van der Waals surface area contributed by atoms with Crippen LogP contribution >= 0.6 is 23.2 Å². The summed E-state index contributed by atoms with van der Waals surface area (Å²) in [4.78, 5) is 4.12. The summed E-state index contributed by atoms with van der Waals surface area (Å²) in [6, 6.07) is 9.66. The highest BCUT2D eigenvalue weighted by atomic mass is 35.5. The van der Waals surface area contributed by atoms with Crippen molar-refractivity contribution in [1.82, 2.24) is 9.55 Å². The zero-order chi connectivity index (χ0) is 15.0. The molecule has 0 bridgehead atoms. The lowest BCUT2D eigenvalue weighted by Gasteiger charge is -2.11. The number of anilines is 1. The fourth-order valence-corrected chi connectivity index (χ4v) is 2.46. The Morgan fingerprint density at radius 1 is 1.10 bits per heavy atom. The first kappa shape index (κ1) is 13.9. The van der Waals surface area contributed by atoms with Gasteiger partial charge in [0.25, 0.3) is 0 Å². The average Bonchev–Trinajstić information content (AvgIpc) is 2.93. The molecule has 3 aromatic rings. The van der Waals surface area contributed by atoms with Crippen LogP contribution in [0, 0.1) is 5.82 Å². The van der Waals surface area contributed by atoms with Crippen molar-refractivity contribution in [1.29, 1.82) is 0 Å². The van der Waals surface area contributed by atoms with Crippen molar-refractivity contribution in [3.05, 3.63) is 64.8 Å². The van der Waals surface area contributed by atoms with Gasteiger partial charge in [0.1, 0.15) is 5.82 Å². The van der Waals surface area contributed by atoms with Gasteiger partial charge in [-0.25, -0.2) is 9.37 Å². The second kappa shape index (κ2) is 5.39. The topological polar surface area (TPSA) is 43.8 Å². The monoisotopic (exact) mass is 321 g/mol.